The predicted molar refractivity (Wildman–Crippen MR) is 117 cm³/mol. The molecule has 6 nitrogen and oxygen atoms in total. The molecule has 0 saturated heterocycles. The molecule has 148 valence electrons. The van der Waals surface area contributed by atoms with Gasteiger partial charge in [-0.1, -0.05) is 63.7 Å². The molecule has 2 aromatic heterocycles. The number of thioether (sulfide) groups is 1. The van der Waals surface area contributed by atoms with Gasteiger partial charge in [-0.25, -0.2) is 4.68 Å². The molecule has 3 N–H and O–H groups in total. The molecule has 2 heterocycles. The fourth-order valence-corrected chi connectivity index (χ4v) is 4.31. The summed E-state index contributed by atoms with van der Waals surface area (Å²) in [6.45, 7) is 8.53. The van der Waals surface area contributed by atoms with Crippen LogP contribution in [0.25, 0.3) is 10.7 Å². The van der Waals surface area contributed by atoms with Crippen LogP contribution in [0.2, 0.25) is 0 Å². The summed E-state index contributed by atoms with van der Waals surface area (Å²) in [4.78, 5) is 13.6. The van der Waals surface area contributed by atoms with Crippen molar-refractivity contribution in [3.05, 3.63) is 46.8 Å². The Morgan fingerprint density at radius 1 is 1.14 bits per heavy atom. The minimum Gasteiger partial charge on any atom is -0.335 e. The molecular weight excluding hydrogens is 390 g/mol. The molecule has 0 unspecified atom stereocenters. The Balaban J connectivity index is 1.72. The second-order valence-electron chi connectivity index (χ2n) is 7.11. The Hall–Kier alpha value is -2.32. The van der Waals surface area contributed by atoms with Gasteiger partial charge in [-0.15, -0.1) is 21.5 Å². The summed E-state index contributed by atoms with van der Waals surface area (Å²) in [5.41, 5.74) is 3.21. The first-order valence-electron chi connectivity index (χ1n) is 9.18. The Kier molecular flexibility index (Phi) is 6.41. The van der Waals surface area contributed by atoms with E-state index in [0.29, 0.717) is 22.8 Å². The lowest BCUT2D eigenvalue weighted by molar-refractivity contribution is -0.113. The second-order valence-corrected chi connectivity index (χ2v) is 9.00. The number of hydrogen-bond acceptors (Lipinski definition) is 6. The molecule has 28 heavy (non-hydrogen) atoms. The fraction of sp³-hybridized carbons (Fsp3) is 0.350. The van der Waals surface area contributed by atoms with Crippen molar-refractivity contribution in [3.8, 4) is 10.7 Å². The number of hydrogen-bond donors (Lipinski definition) is 2. The summed E-state index contributed by atoms with van der Waals surface area (Å²) in [6, 6.07) is 10.1. The number of benzene rings is 1. The molecule has 0 saturated carbocycles. The molecule has 8 heteroatoms. The molecule has 0 spiro atoms. The third-order valence-electron chi connectivity index (χ3n) is 4.38. The summed E-state index contributed by atoms with van der Waals surface area (Å²) in [5, 5.41) is 13.8. The van der Waals surface area contributed by atoms with E-state index >= 15 is 0 Å². The summed E-state index contributed by atoms with van der Waals surface area (Å²) >= 11 is 2.82. The zero-order valence-corrected chi connectivity index (χ0v) is 18.1. The van der Waals surface area contributed by atoms with Gasteiger partial charge in [0.25, 0.3) is 0 Å². The van der Waals surface area contributed by atoms with Crippen LogP contribution in [0.5, 0.6) is 0 Å². The van der Waals surface area contributed by atoms with Crippen LogP contribution in [0.3, 0.4) is 0 Å². The number of nitrogens with zero attached hydrogens (tertiary/aromatic N) is 3. The average Bonchev–Trinajstić information content (AvgIpc) is 3.29. The maximum absolute atomic E-state index is 12.7. The van der Waals surface area contributed by atoms with Crippen molar-refractivity contribution in [3.63, 3.8) is 0 Å². The van der Waals surface area contributed by atoms with Crippen molar-refractivity contribution < 1.29 is 4.79 Å². The number of anilines is 1. The van der Waals surface area contributed by atoms with Crippen LogP contribution >= 0.6 is 23.1 Å². The Labute approximate surface area is 173 Å². The zero-order valence-electron chi connectivity index (χ0n) is 16.5. The highest BCUT2D eigenvalue weighted by Gasteiger charge is 2.18. The summed E-state index contributed by atoms with van der Waals surface area (Å²) in [7, 11) is 0. The van der Waals surface area contributed by atoms with Gasteiger partial charge in [0, 0.05) is 5.69 Å². The third-order valence-corrected chi connectivity index (χ3v) is 6.18. The molecule has 0 aliphatic carbocycles. The van der Waals surface area contributed by atoms with Gasteiger partial charge < -0.3 is 11.2 Å². The number of carbonyl (C=O) groups is 1. The van der Waals surface area contributed by atoms with Gasteiger partial charge in [0.15, 0.2) is 5.82 Å². The first kappa shape index (κ1) is 20.4. The quantitative estimate of drug-likeness (QED) is 0.431. The molecule has 3 aromatic rings. The maximum Gasteiger partial charge on any atom is 0.234 e. The predicted octanol–water partition coefficient (Wildman–Crippen LogP) is 4.70. The number of nitrogen functional groups attached to an aromatic ring is 1. The van der Waals surface area contributed by atoms with Gasteiger partial charge in [0.2, 0.25) is 11.1 Å². The lowest BCUT2D eigenvalue weighted by atomic mass is 9.92. The first-order valence-corrected chi connectivity index (χ1v) is 11.0. The standard InChI is InChI=1S/C20H25N5OS2/c1-12(2)14-7-5-8-15(13(3)4)18(14)22-17(26)11-28-20-24-23-19(25(20)21)16-9-6-10-27-16/h5-10,12-13H,11,21H2,1-4H3,(H,22,26). The van der Waals surface area contributed by atoms with Crippen molar-refractivity contribution in [2.24, 2.45) is 0 Å². The van der Waals surface area contributed by atoms with Gasteiger partial charge in [0.1, 0.15) is 0 Å². The van der Waals surface area contributed by atoms with Crippen molar-refractivity contribution in [2.45, 2.75) is 44.7 Å². The van der Waals surface area contributed by atoms with Crippen molar-refractivity contribution in [1.82, 2.24) is 14.9 Å². The highest BCUT2D eigenvalue weighted by molar-refractivity contribution is 7.99. The molecule has 0 aliphatic heterocycles. The van der Waals surface area contributed by atoms with Crippen molar-refractivity contribution >= 4 is 34.7 Å². The summed E-state index contributed by atoms with van der Waals surface area (Å²) in [5.74, 6) is 7.48. The molecule has 1 amide bonds. The van der Waals surface area contributed by atoms with E-state index in [1.165, 1.54) is 16.4 Å². The van der Waals surface area contributed by atoms with Gasteiger partial charge >= 0.3 is 0 Å². The normalized spacial score (nSPS) is 11.4. The minimum absolute atomic E-state index is 0.0827. The summed E-state index contributed by atoms with van der Waals surface area (Å²) in [6.07, 6.45) is 0. The number of nitrogens with one attached hydrogen (secondary N) is 1. The first-order chi connectivity index (χ1) is 13.4. The van der Waals surface area contributed by atoms with E-state index in [2.05, 4.69) is 61.4 Å². The highest BCUT2D eigenvalue weighted by Crippen LogP contribution is 2.32. The number of para-hydroxylation sites is 1. The number of thiophene rings is 1. The largest absolute Gasteiger partial charge is 0.335 e. The van der Waals surface area contributed by atoms with Crippen LogP contribution in [0.15, 0.2) is 40.9 Å². The second kappa shape index (κ2) is 8.79. The van der Waals surface area contributed by atoms with E-state index in [1.807, 2.05) is 17.5 Å². The number of nitrogens with two attached hydrogens (primary N) is 1. The number of carbonyl (C=O) groups excluding carboxylic acids is 1. The highest BCUT2D eigenvalue weighted by atomic mass is 32.2. The third kappa shape index (κ3) is 4.39. The fourth-order valence-electron chi connectivity index (χ4n) is 2.95. The summed E-state index contributed by atoms with van der Waals surface area (Å²) < 4.78 is 1.44. The van der Waals surface area contributed by atoms with Crippen molar-refractivity contribution in [1.29, 1.82) is 0 Å². The topological polar surface area (TPSA) is 85.8 Å². The molecule has 0 fully saturated rings. The zero-order chi connectivity index (χ0) is 20.3. The number of amides is 1. The smallest absolute Gasteiger partial charge is 0.234 e. The van der Waals surface area contributed by atoms with Crippen LogP contribution in [0, 0.1) is 0 Å². The lowest BCUT2D eigenvalue weighted by Crippen LogP contribution is -2.18. The van der Waals surface area contributed by atoms with E-state index in [1.54, 1.807) is 11.3 Å². The average molecular weight is 416 g/mol. The van der Waals surface area contributed by atoms with Gasteiger partial charge in [0.05, 0.1) is 10.6 Å². The molecule has 1 aromatic carbocycles. The molecule has 3 rings (SSSR count). The number of aromatic nitrogens is 3. The molecule has 0 bridgehead atoms. The van der Waals surface area contributed by atoms with E-state index in [9.17, 15) is 4.79 Å². The van der Waals surface area contributed by atoms with Crippen LogP contribution in [-0.4, -0.2) is 26.5 Å². The van der Waals surface area contributed by atoms with Gasteiger partial charge in [-0.2, -0.15) is 0 Å². The molecular formula is C20H25N5OS2. The van der Waals surface area contributed by atoms with E-state index in [4.69, 9.17) is 5.84 Å². The van der Waals surface area contributed by atoms with E-state index < -0.39 is 0 Å². The number of rotatable bonds is 7. The van der Waals surface area contributed by atoms with Crippen LogP contribution in [0.1, 0.15) is 50.7 Å². The van der Waals surface area contributed by atoms with Gasteiger partial charge in [-0.3, -0.25) is 4.79 Å². The van der Waals surface area contributed by atoms with E-state index in [-0.39, 0.29) is 11.7 Å². The lowest BCUT2D eigenvalue weighted by Gasteiger charge is -2.20. The van der Waals surface area contributed by atoms with E-state index in [0.717, 1.165) is 21.7 Å². The Bertz CT molecular complexity index is 921. The molecule has 0 atom stereocenters. The SMILES string of the molecule is CC(C)c1cccc(C(C)C)c1NC(=O)CSc1nnc(-c2cccs2)n1N. The Morgan fingerprint density at radius 2 is 1.82 bits per heavy atom. The Morgan fingerprint density at radius 3 is 2.39 bits per heavy atom. The molecule has 0 aliphatic rings. The van der Waals surface area contributed by atoms with Crippen molar-refractivity contribution in [2.75, 3.05) is 16.9 Å². The molecule has 0 radical (unpaired) electrons. The van der Waals surface area contributed by atoms with Crippen LogP contribution < -0.4 is 11.2 Å². The van der Waals surface area contributed by atoms with Gasteiger partial charge in [-0.05, 0) is 34.4 Å². The van der Waals surface area contributed by atoms with Crippen LogP contribution in [-0.2, 0) is 4.79 Å². The van der Waals surface area contributed by atoms with Crippen LogP contribution in [0.4, 0.5) is 5.69 Å². The minimum atomic E-state index is -0.0827. The monoisotopic (exact) mass is 415 g/mol. The maximum atomic E-state index is 12.7.